The fraction of sp³-hybridized carbons (Fsp3) is 0.170. The highest BCUT2D eigenvalue weighted by molar-refractivity contribution is 6.13. The molecule has 59 heavy (non-hydrogen) atoms. The van der Waals surface area contributed by atoms with Crippen molar-refractivity contribution in [3.05, 3.63) is 190 Å². The number of aromatic carboxylic acids is 2. The van der Waals surface area contributed by atoms with Gasteiger partial charge in [0.1, 0.15) is 0 Å². The molecule has 0 bridgehead atoms. The van der Waals surface area contributed by atoms with Gasteiger partial charge >= 0.3 is 11.9 Å². The third-order valence-corrected chi connectivity index (χ3v) is 12.6. The summed E-state index contributed by atoms with van der Waals surface area (Å²) in [5.41, 5.74) is 10.3. The summed E-state index contributed by atoms with van der Waals surface area (Å²) in [6.07, 6.45) is 0. The number of fused-ring (bicyclic) bond motifs is 12. The van der Waals surface area contributed by atoms with Crippen LogP contribution in [0.2, 0.25) is 0 Å². The van der Waals surface area contributed by atoms with Crippen molar-refractivity contribution >= 4 is 50.8 Å². The van der Waals surface area contributed by atoms with Crippen LogP contribution in [0.1, 0.15) is 95.6 Å². The lowest BCUT2D eigenvalue weighted by molar-refractivity contribution is 0.0687. The molecule has 0 unspecified atom stereocenters. The first-order valence-corrected chi connectivity index (χ1v) is 20.1. The van der Waals surface area contributed by atoms with E-state index in [2.05, 4.69) is 119 Å². The Kier molecular flexibility index (Phi) is 7.74. The van der Waals surface area contributed by atoms with Gasteiger partial charge in [-0.15, -0.1) is 0 Å². The van der Waals surface area contributed by atoms with Crippen LogP contribution in [0, 0.1) is 0 Å². The van der Waals surface area contributed by atoms with Crippen molar-refractivity contribution in [3.63, 3.8) is 0 Å². The standard InChI is InChI=1S/C53H44N2O4/c1-51(2,3)31-26-39(49(56)57)47-43(28-31)53(41-21-13-10-18-35(41)36-19-11-14-22-42(36)53)44-29-32(52(4,5)6)27-40(50(58)59)48(44)55(47)34-24-25-38-37-20-12-15-23-45(37)54(46(38)30-34)33-16-8-7-9-17-33/h7-30H,1-6H3,(H,56,57)(H,58,59). The molecule has 1 spiro atoms. The smallest absolute Gasteiger partial charge is 0.337 e. The van der Waals surface area contributed by atoms with Gasteiger partial charge in [-0.2, -0.15) is 0 Å². The summed E-state index contributed by atoms with van der Waals surface area (Å²) in [5, 5.41) is 24.9. The summed E-state index contributed by atoms with van der Waals surface area (Å²) in [5.74, 6) is -2.17. The Bertz CT molecular complexity index is 2960. The SMILES string of the molecule is CC(C)(C)c1cc(C(=O)O)c2c(c1)C1(c3ccccc3-c3ccccc31)c1cc(C(C)(C)C)cc(C(=O)O)c1N2c1ccc2c3ccccc3n(-c3ccccc3)c2c1. The molecule has 0 radical (unpaired) electrons. The maximum Gasteiger partial charge on any atom is 0.337 e. The van der Waals surface area contributed by atoms with E-state index < -0.39 is 28.2 Å². The van der Waals surface area contributed by atoms with Crippen LogP contribution >= 0.6 is 0 Å². The number of rotatable bonds is 4. The predicted molar refractivity (Wildman–Crippen MR) is 238 cm³/mol. The van der Waals surface area contributed by atoms with Gasteiger partial charge in [-0.05, 0) is 97.8 Å². The van der Waals surface area contributed by atoms with Crippen LogP contribution in [0.3, 0.4) is 0 Å². The summed E-state index contributed by atoms with van der Waals surface area (Å²) in [6, 6.07) is 49.3. The van der Waals surface area contributed by atoms with Gasteiger partial charge in [-0.1, -0.05) is 145 Å². The number of anilines is 3. The minimum absolute atomic E-state index is 0.110. The predicted octanol–water partition coefficient (Wildman–Crippen LogP) is 12.9. The van der Waals surface area contributed by atoms with Crippen molar-refractivity contribution in [2.75, 3.05) is 4.90 Å². The summed E-state index contributed by atoms with van der Waals surface area (Å²) < 4.78 is 2.23. The van der Waals surface area contributed by atoms with Gasteiger partial charge in [0.05, 0.1) is 39.0 Å². The van der Waals surface area contributed by atoms with Crippen LogP contribution in [0.5, 0.6) is 0 Å². The fourth-order valence-corrected chi connectivity index (χ4v) is 9.80. The average molecular weight is 773 g/mol. The maximum absolute atomic E-state index is 14.0. The lowest BCUT2D eigenvalue weighted by atomic mass is 9.62. The molecule has 7 aromatic carbocycles. The molecule has 1 aliphatic carbocycles. The number of hydrogen-bond acceptors (Lipinski definition) is 3. The molecule has 0 saturated heterocycles. The Balaban J connectivity index is 1.44. The van der Waals surface area contributed by atoms with Crippen LogP contribution in [-0.2, 0) is 16.2 Å². The van der Waals surface area contributed by atoms with Crippen LogP contribution < -0.4 is 4.90 Å². The van der Waals surface area contributed by atoms with Crippen molar-refractivity contribution in [1.82, 2.24) is 4.57 Å². The van der Waals surface area contributed by atoms with Crippen molar-refractivity contribution in [2.45, 2.75) is 57.8 Å². The van der Waals surface area contributed by atoms with E-state index in [0.717, 1.165) is 72.0 Å². The highest BCUT2D eigenvalue weighted by atomic mass is 16.4. The van der Waals surface area contributed by atoms with Crippen molar-refractivity contribution in [3.8, 4) is 16.8 Å². The van der Waals surface area contributed by atoms with Gasteiger partial charge in [-0.3, -0.25) is 0 Å². The molecule has 6 heteroatoms. The van der Waals surface area contributed by atoms with E-state index >= 15 is 0 Å². The second-order valence-electron chi connectivity index (χ2n) is 18.0. The summed E-state index contributed by atoms with van der Waals surface area (Å²) in [6.45, 7) is 12.6. The Labute approximate surface area is 343 Å². The number of nitrogens with zero attached hydrogens (tertiary/aromatic N) is 2. The number of benzene rings is 7. The molecule has 1 aliphatic heterocycles. The second-order valence-corrected chi connectivity index (χ2v) is 18.0. The zero-order valence-electron chi connectivity index (χ0n) is 34.0. The van der Waals surface area contributed by atoms with Crippen molar-refractivity contribution in [2.24, 2.45) is 0 Å². The Morgan fingerprint density at radius 1 is 0.475 bits per heavy atom. The van der Waals surface area contributed by atoms with E-state index in [1.807, 2.05) is 65.6 Å². The van der Waals surface area contributed by atoms with E-state index in [0.29, 0.717) is 17.1 Å². The lowest BCUT2D eigenvalue weighted by Gasteiger charge is -2.47. The number of hydrogen-bond donors (Lipinski definition) is 2. The highest BCUT2D eigenvalue weighted by Gasteiger charge is 2.54. The lowest BCUT2D eigenvalue weighted by Crippen LogP contribution is -2.39. The van der Waals surface area contributed by atoms with Crippen LogP contribution in [0.15, 0.2) is 146 Å². The molecule has 8 aromatic rings. The number of carboxylic acid groups (broad SMARTS) is 2. The van der Waals surface area contributed by atoms with E-state index in [1.54, 1.807) is 12.1 Å². The third kappa shape index (κ3) is 5.12. The maximum atomic E-state index is 14.0. The van der Waals surface area contributed by atoms with Gasteiger partial charge < -0.3 is 19.7 Å². The summed E-state index contributed by atoms with van der Waals surface area (Å²) >= 11 is 0. The topological polar surface area (TPSA) is 82.8 Å². The first-order chi connectivity index (χ1) is 28.2. The summed E-state index contributed by atoms with van der Waals surface area (Å²) in [7, 11) is 0. The highest BCUT2D eigenvalue weighted by Crippen LogP contribution is 2.65. The molecule has 6 nitrogen and oxygen atoms in total. The Hall–Kier alpha value is -6.92. The Morgan fingerprint density at radius 2 is 0.949 bits per heavy atom. The van der Waals surface area contributed by atoms with Gasteiger partial charge in [0, 0.05) is 22.1 Å². The molecule has 0 atom stereocenters. The Morgan fingerprint density at radius 3 is 1.47 bits per heavy atom. The van der Waals surface area contributed by atoms with Crippen molar-refractivity contribution < 1.29 is 19.8 Å². The minimum Gasteiger partial charge on any atom is -0.478 e. The quantitative estimate of drug-likeness (QED) is 0.186. The third-order valence-electron chi connectivity index (χ3n) is 12.6. The largest absolute Gasteiger partial charge is 0.478 e. The number of carbonyl (C=O) groups is 2. The number of aromatic nitrogens is 1. The average Bonchev–Trinajstić information content (AvgIpc) is 3.70. The van der Waals surface area contributed by atoms with Crippen LogP contribution in [0.4, 0.5) is 17.1 Å². The van der Waals surface area contributed by atoms with Gasteiger partial charge in [0.15, 0.2) is 0 Å². The molecule has 2 heterocycles. The molecular weight excluding hydrogens is 729 g/mol. The van der Waals surface area contributed by atoms with E-state index in [-0.39, 0.29) is 11.1 Å². The first-order valence-electron chi connectivity index (χ1n) is 20.1. The molecule has 290 valence electrons. The van der Waals surface area contributed by atoms with Crippen LogP contribution in [0.25, 0.3) is 38.6 Å². The monoisotopic (exact) mass is 772 g/mol. The minimum atomic E-state index is -1.09. The molecule has 10 rings (SSSR count). The molecule has 1 aromatic heterocycles. The molecule has 0 amide bonds. The number of carboxylic acids is 2. The fourth-order valence-electron chi connectivity index (χ4n) is 9.80. The molecule has 2 aliphatic rings. The first kappa shape index (κ1) is 36.4. The number of para-hydroxylation sites is 2. The second kappa shape index (κ2) is 12.5. The van der Waals surface area contributed by atoms with E-state index in [1.165, 1.54) is 0 Å². The molecule has 2 N–H and O–H groups in total. The molecular formula is C53H44N2O4. The zero-order chi connectivity index (χ0) is 41.2. The normalized spacial score (nSPS) is 14.0. The van der Waals surface area contributed by atoms with Gasteiger partial charge in [-0.25, -0.2) is 9.59 Å². The van der Waals surface area contributed by atoms with E-state index in [4.69, 9.17) is 0 Å². The van der Waals surface area contributed by atoms with Gasteiger partial charge in [0.2, 0.25) is 0 Å². The molecule has 0 fully saturated rings. The summed E-state index contributed by atoms with van der Waals surface area (Å²) in [4.78, 5) is 29.9. The van der Waals surface area contributed by atoms with Crippen LogP contribution in [-0.4, -0.2) is 26.7 Å². The van der Waals surface area contributed by atoms with Crippen molar-refractivity contribution in [1.29, 1.82) is 0 Å². The van der Waals surface area contributed by atoms with E-state index in [9.17, 15) is 19.8 Å². The molecule has 0 saturated carbocycles. The zero-order valence-corrected chi connectivity index (χ0v) is 34.0. The van der Waals surface area contributed by atoms with Gasteiger partial charge in [0.25, 0.3) is 0 Å².